The molecule has 0 aromatic heterocycles. The summed E-state index contributed by atoms with van der Waals surface area (Å²) >= 11 is 0. The van der Waals surface area contributed by atoms with Gasteiger partial charge in [-0.3, -0.25) is 0 Å². The van der Waals surface area contributed by atoms with Gasteiger partial charge in [-0.1, -0.05) is 17.8 Å². The van der Waals surface area contributed by atoms with Gasteiger partial charge in [-0.25, -0.2) is 14.4 Å². The van der Waals surface area contributed by atoms with Gasteiger partial charge in [0.05, 0.1) is 0 Å². The number of ether oxygens (including phenoxy) is 6. The average molecular weight is 414 g/mol. The smallest absolute Gasteiger partial charge is 0.429 e. The summed E-state index contributed by atoms with van der Waals surface area (Å²) in [6, 6.07) is 4.80. The first-order valence-corrected chi connectivity index (χ1v) is 8.29. The summed E-state index contributed by atoms with van der Waals surface area (Å²) in [5.74, 6) is 6.39. The molecule has 0 aliphatic carbocycles. The summed E-state index contributed by atoms with van der Waals surface area (Å²) in [7, 11) is 0. The SMILES string of the molecule is C#CCOC(=O)OCc1cc(COC(=O)OCC#C)cc(COC(=O)OCC#C)c1. The Morgan fingerprint density at radius 1 is 0.567 bits per heavy atom. The van der Waals surface area contributed by atoms with E-state index in [0.29, 0.717) is 16.7 Å². The van der Waals surface area contributed by atoms with Crippen molar-refractivity contribution in [2.75, 3.05) is 19.8 Å². The molecule has 30 heavy (non-hydrogen) atoms. The maximum atomic E-state index is 11.4. The molecule has 0 fully saturated rings. The molecule has 0 radical (unpaired) electrons. The van der Waals surface area contributed by atoms with E-state index in [1.165, 1.54) is 0 Å². The van der Waals surface area contributed by atoms with Crippen molar-refractivity contribution in [1.29, 1.82) is 0 Å². The topological polar surface area (TPSA) is 107 Å². The van der Waals surface area contributed by atoms with E-state index in [9.17, 15) is 14.4 Å². The highest BCUT2D eigenvalue weighted by Crippen LogP contribution is 2.15. The molecule has 156 valence electrons. The lowest BCUT2D eigenvalue weighted by atomic mass is 10.1. The zero-order valence-corrected chi connectivity index (χ0v) is 15.9. The molecule has 0 saturated carbocycles. The lowest BCUT2D eigenvalue weighted by Crippen LogP contribution is -2.11. The maximum Gasteiger partial charge on any atom is 0.509 e. The van der Waals surface area contributed by atoms with E-state index in [0.717, 1.165) is 0 Å². The molecule has 0 N–H and O–H groups in total. The largest absolute Gasteiger partial charge is 0.509 e. The molecule has 1 aromatic rings. The van der Waals surface area contributed by atoms with Crippen molar-refractivity contribution in [1.82, 2.24) is 0 Å². The average Bonchev–Trinajstić information content (AvgIpc) is 2.75. The van der Waals surface area contributed by atoms with Gasteiger partial charge in [-0.05, 0) is 34.9 Å². The number of terminal acetylenes is 3. The molecule has 1 rings (SSSR count). The van der Waals surface area contributed by atoms with Gasteiger partial charge >= 0.3 is 18.5 Å². The number of hydrogen-bond acceptors (Lipinski definition) is 9. The predicted octanol–water partition coefficient (Wildman–Crippen LogP) is 2.55. The van der Waals surface area contributed by atoms with E-state index >= 15 is 0 Å². The Kier molecular flexibility index (Phi) is 10.9. The standard InChI is InChI=1S/C21H18O9/c1-4-7-25-19(22)28-13-16-10-17(14-29-20(23)26-8-5-2)12-18(11-16)15-30-21(24)27-9-6-3/h1-3,10-12H,7-9,13-15H2. The summed E-state index contributed by atoms with van der Waals surface area (Å²) in [5.41, 5.74) is 1.50. The third-order valence-electron chi connectivity index (χ3n) is 3.00. The maximum absolute atomic E-state index is 11.4. The Labute approximate surface area is 173 Å². The molecule has 0 bridgehead atoms. The van der Waals surface area contributed by atoms with Gasteiger partial charge in [0, 0.05) is 0 Å². The Morgan fingerprint density at radius 3 is 1.07 bits per heavy atom. The van der Waals surface area contributed by atoms with E-state index in [2.05, 4.69) is 32.0 Å². The quantitative estimate of drug-likeness (QED) is 0.342. The number of hydrogen-bond donors (Lipinski definition) is 0. The van der Waals surface area contributed by atoms with E-state index in [-0.39, 0.29) is 39.6 Å². The predicted molar refractivity (Wildman–Crippen MR) is 101 cm³/mol. The molecule has 9 heteroatoms. The van der Waals surface area contributed by atoms with Crippen LogP contribution in [0.1, 0.15) is 16.7 Å². The van der Waals surface area contributed by atoms with Crippen molar-refractivity contribution in [2.24, 2.45) is 0 Å². The van der Waals surface area contributed by atoms with Gasteiger partial charge in [-0.15, -0.1) is 19.3 Å². The van der Waals surface area contributed by atoms with Gasteiger partial charge in [0.1, 0.15) is 19.8 Å². The monoisotopic (exact) mass is 414 g/mol. The Bertz CT molecular complexity index is 741. The van der Waals surface area contributed by atoms with Gasteiger partial charge in [0.15, 0.2) is 19.8 Å². The van der Waals surface area contributed by atoms with Crippen LogP contribution in [0.15, 0.2) is 18.2 Å². The Hall–Kier alpha value is -4.29. The summed E-state index contributed by atoms with van der Waals surface area (Å²) in [6.07, 6.45) is 12.1. The first-order chi connectivity index (χ1) is 14.5. The van der Waals surface area contributed by atoms with Gasteiger partial charge in [0.2, 0.25) is 0 Å². The van der Waals surface area contributed by atoms with Crippen LogP contribution >= 0.6 is 0 Å². The lowest BCUT2D eigenvalue weighted by molar-refractivity contribution is 0.0578. The van der Waals surface area contributed by atoms with Crippen molar-refractivity contribution in [3.63, 3.8) is 0 Å². The van der Waals surface area contributed by atoms with Crippen LogP contribution in [0.2, 0.25) is 0 Å². The molecule has 0 aliphatic rings. The van der Waals surface area contributed by atoms with Gasteiger partial charge in [-0.2, -0.15) is 0 Å². The fourth-order valence-electron chi connectivity index (χ4n) is 1.94. The minimum atomic E-state index is -0.955. The van der Waals surface area contributed by atoms with Crippen molar-refractivity contribution < 1.29 is 42.8 Å². The number of rotatable bonds is 9. The highest BCUT2D eigenvalue weighted by atomic mass is 16.7. The van der Waals surface area contributed by atoms with Crippen LogP contribution < -0.4 is 0 Å². The second-order valence-corrected chi connectivity index (χ2v) is 5.25. The Balaban J connectivity index is 2.81. The molecule has 0 unspecified atom stereocenters. The molecular formula is C21H18O9. The van der Waals surface area contributed by atoms with Crippen molar-refractivity contribution in [3.8, 4) is 37.0 Å². The van der Waals surface area contributed by atoms with Crippen LogP contribution in [0.4, 0.5) is 14.4 Å². The summed E-state index contributed by atoms with van der Waals surface area (Å²) in [5, 5.41) is 0. The molecule has 0 aliphatic heterocycles. The van der Waals surface area contributed by atoms with Crippen LogP contribution in [0, 0.1) is 37.0 Å². The molecule has 0 spiro atoms. The minimum Gasteiger partial charge on any atom is -0.429 e. The normalized spacial score (nSPS) is 9.10. The summed E-state index contributed by atoms with van der Waals surface area (Å²) in [4.78, 5) is 34.3. The van der Waals surface area contributed by atoms with Crippen LogP contribution in [0.25, 0.3) is 0 Å². The van der Waals surface area contributed by atoms with Crippen LogP contribution in [-0.2, 0) is 48.2 Å². The minimum absolute atomic E-state index is 0.173. The zero-order valence-electron chi connectivity index (χ0n) is 15.9. The van der Waals surface area contributed by atoms with E-state index in [4.69, 9.17) is 33.5 Å². The fourth-order valence-corrected chi connectivity index (χ4v) is 1.94. The highest BCUT2D eigenvalue weighted by molar-refractivity contribution is 5.61. The van der Waals surface area contributed by atoms with Crippen LogP contribution in [0.3, 0.4) is 0 Å². The van der Waals surface area contributed by atoms with Crippen molar-refractivity contribution in [3.05, 3.63) is 34.9 Å². The first kappa shape index (κ1) is 23.7. The number of carbonyl (C=O) groups excluding carboxylic acids is 3. The molecule has 9 nitrogen and oxygen atoms in total. The number of carbonyl (C=O) groups is 3. The summed E-state index contributed by atoms with van der Waals surface area (Å²) in [6.45, 7) is -1.21. The Morgan fingerprint density at radius 2 is 0.833 bits per heavy atom. The van der Waals surface area contributed by atoms with E-state index in [1.54, 1.807) is 18.2 Å². The molecule has 0 atom stereocenters. The fraction of sp³-hybridized carbons (Fsp3) is 0.286. The third-order valence-corrected chi connectivity index (χ3v) is 3.00. The zero-order chi connectivity index (χ0) is 22.2. The summed E-state index contributed by atoms with van der Waals surface area (Å²) < 4.78 is 28.6. The molecule has 0 heterocycles. The molecule has 1 aromatic carbocycles. The van der Waals surface area contributed by atoms with Crippen molar-refractivity contribution in [2.45, 2.75) is 19.8 Å². The van der Waals surface area contributed by atoms with E-state index in [1.807, 2.05) is 0 Å². The molecule has 0 amide bonds. The lowest BCUT2D eigenvalue weighted by Gasteiger charge is -2.11. The first-order valence-electron chi connectivity index (χ1n) is 8.29. The van der Waals surface area contributed by atoms with Crippen LogP contribution in [-0.4, -0.2) is 38.3 Å². The van der Waals surface area contributed by atoms with E-state index < -0.39 is 18.5 Å². The highest BCUT2D eigenvalue weighted by Gasteiger charge is 2.11. The second kappa shape index (κ2) is 13.8. The van der Waals surface area contributed by atoms with Crippen molar-refractivity contribution >= 4 is 18.5 Å². The van der Waals surface area contributed by atoms with Gasteiger partial charge in [0.25, 0.3) is 0 Å². The number of benzene rings is 1. The second-order valence-electron chi connectivity index (χ2n) is 5.25. The van der Waals surface area contributed by atoms with Crippen LogP contribution in [0.5, 0.6) is 0 Å². The molecule has 0 saturated heterocycles. The third kappa shape index (κ3) is 10.1. The van der Waals surface area contributed by atoms with Gasteiger partial charge < -0.3 is 28.4 Å². The molecular weight excluding hydrogens is 396 g/mol.